The minimum Gasteiger partial charge on any atom is -0.368 e. The van der Waals surface area contributed by atoms with Gasteiger partial charge >= 0.3 is 0 Å². The summed E-state index contributed by atoms with van der Waals surface area (Å²) in [5, 5.41) is 6.73. The van der Waals surface area contributed by atoms with E-state index in [1.54, 1.807) is 13.0 Å². The Hall–Kier alpha value is -3.68. The molecule has 1 aliphatic rings. The van der Waals surface area contributed by atoms with Crippen molar-refractivity contribution in [1.82, 2.24) is 15.0 Å². The fraction of sp³-hybridized carbons (Fsp3) is 0.304. The van der Waals surface area contributed by atoms with Crippen LogP contribution in [0.25, 0.3) is 11.4 Å². The number of nitrogens with one attached hydrogen (secondary N) is 1. The van der Waals surface area contributed by atoms with Crippen LogP contribution in [0.1, 0.15) is 28.7 Å². The molecule has 1 fully saturated rings. The van der Waals surface area contributed by atoms with E-state index in [0.29, 0.717) is 36.1 Å². The lowest BCUT2D eigenvalue weighted by molar-refractivity contribution is -0.114. The van der Waals surface area contributed by atoms with Gasteiger partial charge in [0.25, 0.3) is 5.91 Å². The van der Waals surface area contributed by atoms with Crippen molar-refractivity contribution >= 4 is 23.2 Å². The van der Waals surface area contributed by atoms with Crippen LogP contribution in [0.2, 0.25) is 0 Å². The number of hydrogen-bond donors (Lipinski definition) is 1. The second-order valence-electron chi connectivity index (χ2n) is 7.67. The Morgan fingerprint density at radius 2 is 1.71 bits per heavy atom. The van der Waals surface area contributed by atoms with E-state index in [0.717, 1.165) is 29.9 Å². The van der Waals surface area contributed by atoms with Crippen LogP contribution >= 0.6 is 0 Å². The van der Waals surface area contributed by atoms with Crippen molar-refractivity contribution < 1.29 is 14.1 Å². The lowest BCUT2D eigenvalue weighted by Crippen LogP contribution is -2.48. The van der Waals surface area contributed by atoms with Gasteiger partial charge in [-0.15, -0.1) is 0 Å². The molecule has 1 saturated heterocycles. The first-order chi connectivity index (χ1) is 14.9. The molecule has 1 N–H and O–H groups in total. The zero-order valence-electron chi connectivity index (χ0n) is 17.9. The Kier molecular flexibility index (Phi) is 5.70. The van der Waals surface area contributed by atoms with Gasteiger partial charge in [0.05, 0.1) is 0 Å². The zero-order chi connectivity index (χ0) is 22.0. The maximum Gasteiger partial charge on any atom is 0.254 e. The number of anilines is 2. The number of carbonyl (C=O) groups excluding carboxylic acids is 2. The average Bonchev–Trinajstić information content (AvgIpc) is 3.21. The first-order valence-electron chi connectivity index (χ1n) is 10.2. The highest BCUT2D eigenvalue weighted by Crippen LogP contribution is 2.23. The van der Waals surface area contributed by atoms with Gasteiger partial charge < -0.3 is 19.6 Å². The summed E-state index contributed by atoms with van der Waals surface area (Å²) in [6.45, 7) is 7.89. The summed E-state index contributed by atoms with van der Waals surface area (Å²) >= 11 is 0. The van der Waals surface area contributed by atoms with Crippen molar-refractivity contribution in [3.63, 3.8) is 0 Å². The van der Waals surface area contributed by atoms with Crippen molar-refractivity contribution in [2.75, 3.05) is 36.4 Å². The van der Waals surface area contributed by atoms with Crippen molar-refractivity contribution in [2.45, 2.75) is 20.8 Å². The van der Waals surface area contributed by atoms with Gasteiger partial charge in [0.2, 0.25) is 17.6 Å². The van der Waals surface area contributed by atoms with Gasteiger partial charge in [0.15, 0.2) is 0 Å². The van der Waals surface area contributed by atoms with E-state index in [-0.39, 0.29) is 11.8 Å². The van der Waals surface area contributed by atoms with Crippen LogP contribution in [0, 0.1) is 13.8 Å². The topological polar surface area (TPSA) is 91.6 Å². The molecule has 0 bridgehead atoms. The zero-order valence-corrected chi connectivity index (χ0v) is 17.9. The number of piperazine rings is 1. The fourth-order valence-electron chi connectivity index (χ4n) is 3.67. The third kappa shape index (κ3) is 4.58. The molecule has 0 atom stereocenters. The number of carbonyl (C=O) groups is 2. The van der Waals surface area contributed by atoms with E-state index in [9.17, 15) is 9.59 Å². The van der Waals surface area contributed by atoms with Gasteiger partial charge in [0, 0.05) is 62.5 Å². The number of nitrogens with zero attached hydrogens (tertiary/aromatic N) is 4. The Bertz CT molecular complexity index is 1100. The molecule has 0 radical (unpaired) electrons. The first kappa shape index (κ1) is 20.6. The van der Waals surface area contributed by atoms with Crippen molar-refractivity contribution in [3.05, 3.63) is 59.5 Å². The van der Waals surface area contributed by atoms with E-state index >= 15 is 0 Å². The molecule has 2 heterocycles. The predicted octanol–water partition coefficient (Wildman–Crippen LogP) is 3.27. The Labute approximate surface area is 180 Å². The van der Waals surface area contributed by atoms with Gasteiger partial charge in [-0.25, -0.2) is 0 Å². The lowest BCUT2D eigenvalue weighted by atomic mass is 10.1. The second kappa shape index (κ2) is 8.59. The summed E-state index contributed by atoms with van der Waals surface area (Å²) in [5.74, 6) is 0.949. The Morgan fingerprint density at radius 1 is 1.00 bits per heavy atom. The molecule has 8 heteroatoms. The number of hydrogen-bond acceptors (Lipinski definition) is 6. The van der Waals surface area contributed by atoms with E-state index in [4.69, 9.17) is 4.52 Å². The molecular weight excluding hydrogens is 394 g/mol. The summed E-state index contributed by atoms with van der Waals surface area (Å²) in [7, 11) is 0. The Balaban J connectivity index is 1.39. The maximum atomic E-state index is 13.0. The van der Waals surface area contributed by atoms with E-state index < -0.39 is 0 Å². The molecule has 4 rings (SSSR count). The monoisotopic (exact) mass is 419 g/mol. The smallest absolute Gasteiger partial charge is 0.254 e. The summed E-state index contributed by atoms with van der Waals surface area (Å²) in [6, 6.07) is 13.5. The Morgan fingerprint density at radius 3 is 2.32 bits per heavy atom. The summed E-state index contributed by atoms with van der Waals surface area (Å²) in [6.07, 6.45) is 0. The number of benzene rings is 2. The quantitative estimate of drug-likeness (QED) is 0.698. The maximum absolute atomic E-state index is 13.0. The molecule has 160 valence electrons. The van der Waals surface area contributed by atoms with Gasteiger partial charge in [-0.1, -0.05) is 11.2 Å². The largest absolute Gasteiger partial charge is 0.368 e. The third-order valence-electron chi connectivity index (χ3n) is 5.38. The number of aromatic nitrogens is 2. The van der Waals surface area contributed by atoms with Gasteiger partial charge in [-0.2, -0.15) is 4.98 Å². The van der Waals surface area contributed by atoms with Crippen LogP contribution in [0.3, 0.4) is 0 Å². The SMILES string of the molecule is CC(=O)Nc1cc(C(=O)N2CCN(c3ccc(-c4noc(C)n4)cc3)CC2)ccc1C. The highest BCUT2D eigenvalue weighted by atomic mass is 16.5. The lowest BCUT2D eigenvalue weighted by Gasteiger charge is -2.36. The standard InChI is InChI=1S/C23H25N5O3/c1-15-4-5-19(14-21(15)24-16(2)29)23(30)28-12-10-27(11-13-28)20-8-6-18(7-9-20)22-25-17(3)31-26-22/h4-9,14H,10-13H2,1-3H3,(H,24,29). The first-order valence-corrected chi connectivity index (χ1v) is 10.2. The summed E-state index contributed by atoms with van der Waals surface area (Å²) in [4.78, 5) is 32.7. The molecule has 1 aromatic heterocycles. The van der Waals surface area contributed by atoms with Gasteiger partial charge in [-0.05, 0) is 48.9 Å². The fourth-order valence-corrected chi connectivity index (χ4v) is 3.67. The van der Waals surface area contributed by atoms with Crippen molar-refractivity contribution in [2.24, 2.45) is 0 Å². The molecule has 1 aliphatic heterocycles. The van der Waals surface area contributed by atoms with E-state index in [2.05, 4.69) is 20.4 Å². The second-order valence-corrected chi connectivity index (χ2v) is 7.67. The molecule has 3 aromatic rings. The minimum atomic E-state index is -0.151. The molecule has 0 aliphatic carbocycles. The van der Waals surface area contributed by atoms with Crippen molar-refractivity contribution in [3.8, 4) is 11.4 Å². The molecule has 8 nitrogen and oxygen atoms in total. The molecule has 2 aromatic carbocycles. The molecular formula is C23H25N5O3. The average molecular weight is 419 g/mol. The van der Waals surface area contributed by atoms with Crippen LogP contribution in [0.4, 0.5) is 11.4 Å². The molecule has 0 saturated carbocycles. The summed E-state index contributed by atoms with van der Waals surface area (Å²) < 4.78 is 5.04. The highest BCUT2D eigenvalue weighted by molar-refractivity contribution is 5.97. The summed E-state index contributed by atoms with van der Waals surface area (Å²) in [5.41, 5.74) is 4.19. The predicted molar refractivity (Wildman–Crippen MR) is 118 cm³/mol. The van der Waals surface area contributed by atoms with Gasteiger partial charge in [0.1, 0.15) is 0 Å². The minimum absolute atomic E-state index is 0.0194. The van der Waals surface area contributed by atoms with Crippen molar-refractivity contribution in [1.29, 1.82) is 0 Å². The van der Waals surface area contributed by atoms with E-state index in [1.807, 2.05) is 48.2 Å². The third-order valence-corrected chi connectivity index (χ3v) is 5.38. The van der Waals surface area contributed by atoms with Crippen LogP contribution < -0.4 is 10.2 Å². The van der Waals surface area contributed by atoms with Crippen LogP contribution in [-0.2, 0) is 4.79 Å². The van der Waals surface area contributed by atoms with Crippen LogP contribution in [-0.4, -0.2) is 53.0 Å². The van der Waals surface area contributed by atoms with Crippen LogP contribution in [0.15, 0.2) is 47.0 Å². The van der Waals surface area contributed by atoms with Gasteiger partial charge in [-0.3, -0.25) is 9.59 Å². The normalized spacial score (nSPS) is 13.9. The molecule has 0 unspecified atom stereocenters. The highest BCUT2D eigenvalue weighted by Gasteiger charge is 2.23. The number of amides is 2. The van der Waals surface area contributed by atoms with Crippen LogP contribution in [0.5, 0.6) is 0 Å². The molecule has 31 heavy (non-hydrogen) atoms. The number of aryl methyl sites for hydroxylation is 2. The molecule has 0 spiro atoms. The number of rotatable bonds is 4. The van der Waals surface area contributed by atoms with E-state index in [1.165, 1.54) is 6.92 Å². The molecule has 2 amide bonds.